The number of pyridine rings is 1. The fourth-order valence-corrected chi connectivity index (χ4v) is 1.95. The second-order valence-corrected chi connectivity index (χ2v) is 4.91. The third-order valence-corrected chi connectivity index (χ3v) is 2.84. The normalized spacial score (nSPS) is 11.2. The Kier molecular flexibility index (Phi) is 4.57. The highest BCUT2D eigenvalue weighted by atomic mass is 16.5. The topological polar surface area (TPSA) is 67.1 Å². The lowest BCUT2D eigenvalue weighted by molar-refractivity contribution is -0.136. The Morgan fingerprint density at radius 3 is 3.00 bits per heavy atom. The second-order valence-electron chi connectivity index (χ2n) is 4.91. The molecule has 2 rings (SSSR count). The largest absolute Gasteiger partial charge is 0.490 e. The van der Waals surface area contributed by atoms with E-state index in [1.165, 1.54) is 0 Å². The molecule has 0 aromatic carbocycles. The first kappa shape index (κ1) is 14.3. The van der Waals surface area contributed by atoms with E-state index in [1.807, 2.05) is 32.4 Å². The Morgan fingerprint density at radius 2 is 2.30 bits per heavy atom. The molecule has 0 radical (unpaired) electrons. The number of aromatic nitrogens is 2. The van der Waals surface area contributed by atoms with Crippen molar-refractivity contribution in [2.24, 2.45) is 0 Å². The van der Waals surface area contributed by atoms with E-state index in [1.54, 1.807) is 10.6 Å². The van der Waals surface area contributed by atoms with E-state index in [4.69, 9.17) is 9.84 Å². The molecule has 108 valence electrons. The number of imidazole rings is 1. The van der Waals surface area contributed by atoms with Gasteiger partial charge in [-0.3, -0.25) is 4.79 Å². The molecule has 6 nitrogen and oxygen atoms in total. The van der Waals surface area contributed by atoms with E-state index >= 15 is 0 Å². The van der Waals surface area contributed by atoms with Gasteiger partial charge >= 0.3 is 5.97 Å². The van der Waals surface area contributed by atoms with Crippen LogP contribution in [-0.4, -0.2) is 52.6 Å². The van der Waals surface area contributed by atoms with Crippen molar-refractivity contribution in [2.45, 2.75) is 12.8 Å². The van der Waals surface area contributed by atoms with Crippen molar-refractivity contribution in [3.63, 3.8) is 0 Å². The lowest BCUT2D eigenvalue weighted by Gasteiger charge is -2.10. The van der Waals surface area contributed by atoms with Gasteiger partial charge in [0, 0.05) is 18.9 Å². The van der Waals surface area contributed by atoms with Crippen molar-refractivity contribution >= 4 is 11.6 Å². The minimum atomic E-state index is -0.887. The Morgan fingerprint density at radius 1 is 1.50 bits per heavy atom. The maximum Gasteiger partial charge on any atom is 0.309 e. The summed E-state index contributed by atoms with van der Waals surface area (Å²) in [5.41, 5.74) is 1.19. The van der Waals surface area contributed by atoms with Crippen molar-refractivity contribution in [2.75, 3.05) is 27.2 Å². The Hall–Kier alpha value is -2.08. The zero-order chi connectivity index (χ0) is 14.5. The van der Waals surface area contributed by atoms with Crippen LogP contribution in [0.15, 0.2) is 24.5 Å². The third kappa shape index (κ3) is 3.71. The van der Waals surface area contributed by atoms with Crippen LogP contribution in [0.1, 0.15) is 12.1 Å². The van der Waals surface area contributed by atoms with E-state index in [0.29, 0.717) is 23.7 Å². The zero-order valence-corrected chi connectivity index (χ0v) is 11.7. The first-order chi connectivity index (χ1) is 9.56. The van der Waals surface area contributed by atoms with Crippen molar-refractivity contribution in [1.82, 2.24) is 14.3 Å². The van der Waals surface area contributed by atoms with Crippen LogP contribution >= 0.6 is 0 Å². The Balaban J connectivity index is 2.08. The van der Waals surface area contributed by atoms with Gasteiger partial charge in [0.25, 0.3) is 0 Å². The fourth-order valence-electron chi connectivity index (χ4n) is 1.95. The molecular formula is C14H19N3O3. The number of fused-ring (bicyclic) bond motifs is 1. The summed E-state index contributed by atoms with van der Waals surface area (Å²) >= 11 is 0. The maximum atomic E-state index is 10.7. The second kappa shape index (κ2) is 6.38. The highest BCUT2D eigenvalue weighted by Gasteiger charge is 2.09. The van der Waals surface area contributed by atoms with Crippen molar-refractivity contribution < 1.29 is 14.6 Å². The lowest BCUT2D eigenvalue weighted by atomic mass is 10.3. The number of carboxylic acid groups (broad SMARTS) is 1. The van der Waals surface area contributed by atoms with Gasteiger partial charge in [-0.25, -0.2) is 4.98 Å². The van der Waals surface area contributed by atoms with Crippen LogP contribution in [0.25, 0.3) is 5.65 Å². The minimum Gasteiger partial charge on any atom is -0.490 e. The average Bonchev–Trinajstić information content (AvgIpc) is 2.76. The zero-order valence-electron chi connectivity index (χ0n) is 11.7. The summed E-state index contributed by atoms with van der Waals surface area (Å²) in [7, 11) is 4.04. The first-order valence-corrected chi connectivity index (χ1v) is 6.52. The summed E-state index contributed by atoms with van der Waals surface area (Å²) in [4.78, 5) is 17.1. The van der Waals surface area contributed by atoms with E-state index in [0.717, 1.165) is 13.0 Å². The summed E-state index contributed by atoms with van der Waals surface area (Å²) in [5, 5.41) is 8.80. The van der Waals surface area contributed by atoms with E-state index in [9.17, 15) is 4.79 Å². The standard InChI is InChI=1S/C14H19N3O3/c1-16(2)6-4-8-20-12-5-3-7-17-10-11(9-13(18)19)15-14(12)17/h3,5,7,10H,4,6,8-9H2,1-2H3,(H,18,19). The number of carboxylic acids is 1. The molecule has 0 unspecified atom stereocenters. The molecule has 6 heteroatoms. The molecule has 0 saturated carbocycles. The van der Waals surface area contributed by atoms with Gasteiger partial charge in [0.05, 0.1) is 18.7 Å². The van der Waals surface area contributed by atoms with Crippen molar-refractivity contribution in [1.29, 1.82) is 0 Å². The smallest absolute Gasteiger partial charge is 0.309 e. The number of carbonyl (C=O) groups is 1. The SMILES string of the molecule is CN(C)CCCOc1cccn2cc(CC(=O)O)nc12. The molecule has 1 N–H and O–H groups in total. The average molecular weight is 277 g/mol. The summed E-state index contributed by atoms with van der Waals surface area (Å²) in [6, 6.07) is 3.71. The molecule has 2 heterocycles. The van der Waals surface area contributed by atoms with Gasteiger partial charge in [-0.05, 0) is 32.6 Å². The van der Waals surface area contributed by atoms with Crippen LogP contribution in [0.5, 0.6) is 5.75 Å². The molecule has 0 saturated heterocycles. The van der Waals surface area contributed by atoms with Crippen molar-refractivity contribution in [3.05, 3.63) is 30.2 Å². The van der Waals surface area contributed by atoms with E-state index in [-0.39, 0.29) is 6.42 Å². The number of aliphatic carboxylic acids is 1. The number of nitrogens with zero attached hydrogens (tertiary/aromatic N) is 3. The Bertz CT molecular complexity index is 592. The predicted molar refractivity (Wildman–Crippen MR) is 75.2 cm³/mol. The Labute approximate surface area is 117 Å². The van der Waals surface area contributed by atoms with Crippen LogP contribution in [0.4, 0.5) is 0 Å². The first-order valence-electron chi connectivity index (χ1n) is 6.52. The highest BCUT2D eigenvalue weighted by Crippen LogP contribution is 2.19. The molecule has 0 amide bonds. The quantitative estimate of drug-likeness (QED) is 0.772. The number of ether oxygens (including phenoxy) is 1. The van der Waals surface area contributed by atoms with Crippen molar-refractivity contribution in [3.8, 4) is 5.75 Å². The maximum absolute atomic E-state index is 10.7. The monoisotopic (exact) mass is 277 g/mol. The van der Waals surface area contributed by atoms with Gasteiger partial charge in [-0.15, -0.1) is 0 Å². The number of rotatable bonds is 7. The molecule has 20 heavy (non-hydrogen) atoms. The molecule has 0 aliphatic rings. The van der Waals surface area contributed by atoms with Gasteiger partial charge in [0.15, 0.2) is 11.4 Å². The van der Waals surface area contributed by atoms with Gasteiger partial charge in [0.2, 0.25) is 0 Å². The van der Waals surface area contributed by atoms with Crippen LogP contribution in [0.3, 0.4) is 0 Å². The van der Waals surface area contributed by atoms with E-state index in [2.05, 4.69) is 9.88 Å². The molecule has 0 bridgehead atoms. The number of hydrogen-bond acceptors (Lipinski definition) is 4. The predicted octanol–water partition coefficient (Wildman–Crippen LogP) is 1.29. The van der Waals surface area contributed by atoms with Gasteiger partial charge in [-0.2, -0.15) is 0 Å². The molecule has 2 aromatic heterocycles. The van der Waals surface area contributed by atoms with Crippen LogP contribution < -0.4 is 4.74 Å². The summed E-state index contributed by atoms with van der Waals surface area (Å²) in [6.45, 7) is 1.57. The van der Waals surface area contributed by atoms with Crippen LogP contribution in [-0.2, 0) is 11.2 Å². The molecule has 0 fully saturated rings. The van der Waals surface area contributed by atoms with Gasteiger partial charge in [0.1, 0.15) is 0 Å². The molecular weight excluding hydrogens is 258 g/mol. The van der Waals surface area contributed by atoms with Crippen LogP contribution in [0, 0.1) is 0 Å². The molecule has 0 aliphatic carbocycles. The number of hydrogen-bond donors (Lipinski definition) is 1. The van der Waals surface area contributed by atoms with Gasteiger partial charge < -0.3 is 19.1 Å². The molecule has 2 aromatic rings. The summed E-state index contributed by atoms with van der Waals surface area (Å²) in [5.74, 6) is -0.204. The fraction of sp³-hybridized carbons (Fsp3) is 0.429. The minimum absolute atomic E-state index is 0.0816. The third-order valence-electron chi connectivity index (χ3n) is 2.84. The molecule has 0 aliphatic heterocycles. The molecule has 0 spiro atoms. The summed E-state index contributed by atoms with van der Waals surface area (Å²) < 4.78 is 7.52. The molecule has 0 atom stereocenters. The lowest BCUT2D eigenvalue weighted by Crippen LogP contribution is -2.15. The highest BCUT2D eigenvalue weighted by molar-refractivity contribution is 5.70. The summed E-state index contributed by atoms with van der Waals surface area (Å²) in [6.07, 6.45) is 4.40. The van der Waals surface area contributed by atoms with Gasteiger partial charge in [-0.1, -0.05) is 0 Å². The van der Waals surface area contributed by atoms with Crippen LogP contribution in [0.2, 0.25) is 0 Å². The van der Waals surface area contributed by atoms with E-state index < -0.39 is 5.97 Å².